The molecule has 2 heterocycles. The van der Waals surface area contributed by atoms with Crippen LogP contribution in [0.2, 0.25) is 5.02 Å². The smallest absolute Gasteiger partial charge is 0.243 e. The topological polar surface area (TPSA) is 76.2 Å². The number of ether oxygens (including phenoxy) is 2. The van der Waals surface area contributed by atoms with Gasteiger partial charge in [-0.25, -0.2) is 8.42 Å². The van der Waals surface area contributed by atoms with E-state index in [0.29, 0.717) is 23.1 Å². The minimum Gasteiger partial charge on any atom is -0.493 e. The van der Waals surface area contributed by atoms with Crippen molar-refractivity contribution in [3.8, 4) is 11.5 Å². The number of benzene rings is 2. The van der Waals surface area contributed by atoms with Crippen molar-refractivity contribution in [3.63, 3.8) is 0 Å². The molecule has 3 aromatic rings. The second kappa shape index (κ2) is 11.2. The van der Waals surface area contributed by atoms with Gasteiger partial charge in [-0.15, -0.1) is 11.3 Å². The Labute approximate surface area is 221 Å². The van der Waals surface area contributed by atoms with E-state index >= 15 is 0 Å². The summed E-state index contributed by atoms with van der Waals surface area (Å²) >= 11 is 7.60. The molecule has 36 heavy (non-hydrogen) atoms. The van der Waals surface area contributed by atoms with Gasteiger partial charge >= 0.3 is 0 Å². The maximum absolute atomic E-state index is 13.6. The molecule has 1 aliphatic heterocycles. The van der Waals surface area contributed by atoms with Gasteiger partial charge in [0.15, 0.2) is 11.5 Å². The number of nitrogens with zero attached hydrogens (tertiary/aromatic N) is 2. The number of hydrogen-bond acceptors (Lipinski definition) is 6. The zero-order valence-corrected chi connectivity index (χ0v) is 22.8. The molecule has 1 aromatic heterocycles. The van der Waals surface area contributed by atoms with E-state index in [0.717, 1.165) is 12.0 Å². The highest BCUT2D eigenvalue weighted by molar-refractivity contribution is 7.89. The van der Waals surface area contributed by atoms with Gasteiger partial charge in [0.05, 0.1) is 24.6 Å². The molecule has 0 fully saturated rings. The summed E-state index contributed by atoms with van der Waals surface area (Å²) in [7, 11) is -2.32. The Morgan fingerprint density at radius 2 is 1.83 bits per heavy atom. The molecule has 1 amide bonds. The van der Waals surface area contributed by atoms with Crippen LogP contribution in [0.15, 0.2) is 64.9 Å². The average Bonchev–Trinajstić information content (AvgIpc) is 3.35. The van der Waals surface area contributed by atoms with Crippen LogP contribution in [0.25, 0.3) is 0 Å². The number of amides is 1. The fourth-order valence-corrected chi connectivity index (χ4v) is 6.93. The van der Waals surface area contributed by atoms with Gasteiger partial charge in [-0.05, 0) is 73.7 Å². The van der Waals surface area contributed by atoms with Crippen molar-refractivity contribution < 1.29 is 22.7 Å². The molecule has 0 saturated carbocycles. The number of carbonyl (C=O) groups is 1. The van der Waals surface area contributed by atoms with Crippen LogP contribution in [0.5, 0.6) is 11.5 Å². The van der Waals surface area contributed by atoms with E-state index in [1.165, 1.54) is 33.4 Å². The van der Waals surface area contributed by atoms with Gasteiger partial charge < -0.3 is 14.4 Å². The van der Waals surface area contributed by atoms with Crippen molar-refractivity contribution in [3.05, 3.63) is 75.4 Å². The second-order valence-electron chi connectivity index (χ2n) is 8.71. The number of thiophene rings is 1. The van der Waals surface area contributed by atoms with Crippen LogP contribution in [-0.2, 0) is 21.2 Å². The number of methoxy groups -OCH3 is 1. The molecule has 1 atom stereocenters. The molecule has 192 valence electrons. The molecular weight excluding hydrogens is 520 g/mol. The van der Waals surface area contributed by atoms with Gasteiger partial charge in [-0.3, -0.25) is 4.79 Å². The first-order valence-corrected chi connectivity index (χ1v) is 14.3. The summed E-state index contributed by atoms with van der Waals surface area (Å²) in [6.07, 6.45) is 0.718. The van der Waals surface area contributed by atoms with E-state index in [2.05, 4.69) is 0 Å². The second-order valence-corrected chi connectivity index (χ2v) is 12.0. The molecule has 4 rings (SSSR count). The minimum absolute atomic E-state index is 0.100. The van der Waals surface area contributed by atoms with Gasteiger partial charge in [0.25, 0.3) is 0 Å². The Balaban J connectivity index is 1.58. The lowest BCUT2D eigenvalue weighted by Crippen LogP contribution is -2.49. The Bertz CT molecular complexity index is 1310. The van der Waals surface area contributed by atoms with Crippen molar-refractivity contribution in [2.45, 2.75) is 37.2 Å². The van der Waals surface area contributed by atoms with E-state index < -0.39 is 16.1 Å². The lowest BCUT2D eigenvalue weighted by Gasteiger charge is -2.37. The average molecular weight is 549 g/mol. The molecule has 0 bridgehead atoms. The molecule has 1 aliphatic rings. The monoisotopic (exact) mass is 548 g/mol. The van der Waals surface area contributed by atoms with Crippen molar-refractivity contribution in [2.75, 3.05) is 26.8 Å². The molecule has 0 N–H and O–H groups in total. The molecule has 0 saturated heterocycles. The summed E-state index contributed by atoms with van der Waals surface area (Å²) in [4.78, 5) is 16.7. The largest absolute Gasteiger partial charge is 0.493 e. The molecule has 0 aliphatic carbocycles. The number of rotatable bonds is 9. The molecular formula is C26H29ClN2O5S2. The third kappa shape index (κ3) is 5.54. The van der Waals surface area contributed by atoms with Crippen LogP contribution in [0.1, 0.15) is 30.3 Å². The number of para-hydroxylation sites is 2. The van der Waals surface area contributed by atoms with Crippen molar-refractivity contribution >= 4 is 38.9 Å². The molecule has 0 radical (unpaired) electrons. The molecule has 2 aromatic carbocycles. The molecule has 7 nitrogen and oxygen atoms in total. The van der Waals surface area contributed by atoms with Crippen LogP contribution >= 0.6 is 22.9 Å². The lowest BCUT2D eigenvalue weighted by atomic mass is 10.0. The van der Waals surface area contributed by atoms with Crippen molar-refractivity contribution in [1.82, 2.24) is 9.21 Å². The summed E-state index contributed by atoms with van der Waals surface area (Å²) in [5.74, 6) is 0.923. The zero-order chi connectivity index (χ0) is 25.9. The summed E-state index contributed by atoms with van der Waals surface area (Å²) in [5.41, 5.74) is 1.03. The first-order chi connectivity index (χ1) is 17.2. The van der Waals surface area contributed by atoms with Gasteiger partial charge in [0, 0.05) is 22.5 Å². The quantitative estimate of drug-likeness (QED) is 0.375. The predicted molar refractivity (Wildman–Crippen MR) is 141 cm³/mol. The van der Waals surface area contributed by atoms with Crippen LogP contribution in [0.4, 0.5) is 0 Å². The normalized spacial score (nSPS) is 15.7. The van der Waals surface area contributed by atoms with Gasteiger partial charge in [-0.2, -0.15) is 4.31 Å². The number of halogens is 1. The van der Waals surface area contributed by atoms with Crippen LogP contribution in [0, 0.1) is 0 Å². The summed E-state index contributed by atoms with van der Waals surface area (Å²) in [6, 6.07) is 14.6. The number of fused-ring (bicyclic) bond motifs is 1. The SMILES string of the molecule is COc1ccccc1OC[C@H]1c2ccsc2CCN1C(=O)CN(C(C)C)S(=O)(=O)c1ccc(Cl)cc1. The Morgan fingerprint density at radius 3 is 2.50 bits per heavy atom. The Morgan fingerprint density at radius 1 is 1.14 bits per heavy atom. The standard InChI is InChI=1S/C26H29ClN2O5S2/c1-18(2)29(36(31,32)20-10-8-19(27)9-11-20)16-26(30)28-14-12-25-21(13-15-35-25)22(28)17-34-24-7-5-4-6-23(24)33-3/h4-11,13,15,18,22H,12,14,16-17H2,1-3H3/t22-/m0/s1. The van der Waals surface area contributed by atoms with E-state index in [1.54, 1.807) is 37.2 Å². The third-order valence-corrected chi connectivity index (χ3v) is 9.45. The van der Waals surface area contributed by atoms with Crippen molar-refractivity contribution in [2.24, 2.45) is 0 Å². The first-order valence-electron chi connectivity index (χ1n) is 11.6. The Kier molecular flexibility index (Phi) is 8.24. The van der Waals surface area contributed by atoms with E-state index in [-0.39, 0.29) is 30.0 Å². The summed E-state index contributed by atoms with van der Waals surface area (Å²) in [5, 5.41) is 2.46. The fourth-order valence-electron chi connectivity index (χ4n) is 4.29. The Hall–Kier alpha value is -2.59. The zero-order valence-electron chi connectivity index (χ0n) is 20.4. The number of sulfonamides is 1. The number of hydrogen-bond donors (Lipinski definition) is 0. The highest BCUT2D eigenvalue weighted by Crippen LogP contribution is 2.35. The number of carbonyl (C=O) groups excluding carboxylic acids is 1. The summed E-state index contributed by atoms with van der Waals surface area (Å²) < 4.78 is 39.5. The van der Waals surface area contributed by atoms with E-state index in [4.69, 9.17) is 21.1 Å². The fraction of sp³-hybridized carbons (Fsp3) is 0.346. The lowest BCUT2D eigenvalue weighted by molar-refractivity contribution is -0.135. The molecule has 10 heteroatoms. The van der Waals surface area contributed by atoms with E-state index in [1.807, 2.05) is 35.7 Å². The van der Waals surface area contributed by atoms with Crippen molar-refractivity contribution in [1.29, 1.82) is 0 Å². The van der Waals surface area contributed by atoms with Gasteiger partial charge in [0.2, 0.25) is 15.9 Å². The van der Waals surface area contributed by atoms with Crippen LogP contribution in [0.3, 0.4) is 0 Å². The van der Waals surface area contributed by atoms with Gasteiger partial charge in [-0.1, -0.05) is 23.7 Å². The molecule has 0 unspecified atom stereocenters. The summed E-state index contributed by atoms with van der Waals surface area (Å²) in [6.45, 7) is 3.96. The molecule has 0 spiro atoms. The maximum atomic E-state index is 13.6. The highest BCUT2D eigenvalue weighted by Gasteiger charge is 2.36. The highest BCUT2D eigenvalue weighted by atomic mass is 35.5. The maximum Gasteiger partial charge on any atom is 0.243 e. The van der Waals surface area contributed by atoms with Crippen LogP contribution < -0.4 is 9.47 Å². The minimum atomic E-state index is -3.90. The third-order valence-electron chi connectivity index (χ3n) is 6.17. The predicted octanol–water partition coefficient (Wildman–Crippen LogP) is 5.01. The van der Waals surface area contributed by atoms with Crippen LogP contribution in [-0.4, -0.2) is 56.4 Å². The first kappa shape index (κ1) is 26.5. The van der Waals surface area contributed by atoms with E-state index in [9.17, 15) is 13.2 Å². The van der Waals surface area contributed by atoms with Gasteiger partial charge in [0.1, 0.15) is 6.61 Å².